The molecule has 0 bridgehead atoms. The maximum Gasteiger partial charge on any atom is 0.245 e. The minimum Gasteiger partial charge on any atom is -0.397 e. The SMILES string of the molecule is CCCNC(=O)C1COCCN1c1ccc(Cl)cc1N. The van der Waals surface area contributed by atoms with Crippen LogP contribution in [0.2, 0.25) is 5.02 Å². The predicted molar refractivity (Wildman–Crippen MR) is 81.1 cm³/mol. The molecule has 2 rings (SSSR count). The van der Waals surface area contributed by atoms with Gasteiger partial charge in [0.1, 0.15) is 6.04 Å². The minimum absolute atomic E-state index is 0.0269. The van der Waals surface area contributed by atoms with Gasteiger partial charge in [-0.2, -0.15) is 0 Å². The summed E-state index contributed by atoms with van der Waals surface area (Å²) in [5.74, 6) is -0.0269. The molecule has 1 aliphatic rings. The van der Waals surface area contributed by atoms with Crippen LogP contribution < -0.4 is 16.0 Å². The zero-order valence-electron chi connectivity index (χ0n) is 11.6. The van der Waals surface area contributed by atoms with Crippen LogP contribution in [0.5, 0.6) is 0 Å². The molecule has 1 aromatic carbocycles. The number of nitrogens with zero attached hydrogens (tertiary/aromatic N) is 1. The van der Waals surface area contributed by atoms with Crippen LogP contribution in [0.4, 0.5) is 11.4 Å². The fourth-order valence-corrected chi connectivity index (χ4v) is 2.44. The number of nitrogen functional groups attached to an aromatic ring is 1. The second kappa shape index (κ2) is 6.81. The van der Waals surface area contributed by atoms with Crippen LogP contribution in [0.3, 0.4) is 0 Å². The summed E-state index contributed by atoms with van der Waals surface area (Å²) in [6.07, 6.45) is 0.905. The first-order chi connectivity index (χ1) is 9.63. The molecule has 1 unspecified atom stereocenters. The molecule has 110 valence electrons. The Morgan fingerprint density at radius 3 is 3.10 bits per heavy atom. The summed E-state index contributed by atoms with van der Waals surface area (Å²) in [7, 11) is 0. The first kappa shape index (κ1) is 14.9. The molecule has 1 amide bonds. The zero-order valence-corrected chi connectivity index (χ0v) is 12.3. The smallest absolute Gasteiger partial charge is 0.245 e. The van der Waals surface area contributed by atoms with E-state index in [1.54, 1.807) is 12.1 Å². The van der Waals surface area contributed by atoms with E-state index in [1.807, 2.05) is 17.9 Å². The van der Waals surface area contributed by atoms with Crippen molar-refractivity contribution >= 4 is 28.9 Å². The Morgan fingerprint density at radius 1 is 1.60 bits per heavy atom. The number of morpholine rings is 1. The number of carbonyl (C=O) groups excluding carboxylic acids is 1. The van der Waals surface area contributed by atoms with Crippen LogP contribution in [-0.2, 0) is 9.53 Å². The molecule has 1 aromatic rings. The Morgan fingerprint density at radius 2 is 2.40 bits per heavy atom. The van der Waals surface area contributed by atoms with Crippen molar-refractivity contribution < 1.29 is 9.53 Å². The van der Waals surface area contributed by atoms with Gasteiger partial charge >= 0.3 is 0 Å². The van der Waals surface area contributed by atoms with Gasteiger partial charge < -0.3 is 20.7 Å². The van der Waals surface area contributed by atoms with Crippen LogP contribution >= 0.6 is 11.6 Å². The lowest BCUT2D eigenvalue weighted by atomic mass is 10.1. The van der Waals surface area contributed by atoms with E-state index in [-0.39, 0.29) is 11.9 Å². The molecule has 1 atom stereocenters. The van der Waals surface area contributed by atoms with Crippen LogP contribution in [0.1, 0.15) is 13.3 Å². The third kappa shape index (κ3) is 3.35. The third-order valence-corrected chi connectivity index (χ3v) is 3.51. The average Bonchev–Trinajstić information content (AvgIpc) is 2.45. The number of anilines is 2. The quantitative estimate of drug-likeness (QED) is 0.829. The van der Waals surface area contributed by atoms with E-state index in [0.29, 0.717) is 37.0 Å². The standard InChI is InChI=1S/C14H20ClN3O2/c1-2-5-17-14(19)13-9-20-7-6-18(13)12-4-3-10(15)8-11(12)16/h3-4,8,13H,2,5-7,9,16H2,1H3,(H,17,19). The van der Waals surface area contributed by atoms with E-state index < -0.39 is 0 Å². The molecule has 5 nitrogen and oxygen atoms in total. The number of benzene rings is 1. The lowest BCUT2D eigenvalue weighted by Gasteiger charge is -2.37. The number of ether oxygens (including phenoxy) is 1. The van der Waals surface area contributed by atoms with E-state index >= 15 is 0 Å². The number of carbonyl (C=O) groups is 1. The molecule has 1 aliphatic heterocycles. The molecule has 1 heterocycles. The summed E-state index contributed by atoms with van der Waals surface area (Å²) < 4.78 is 5.43. The Hall–Kier alpha value is -1.46. The predicted octanol–water partition coefficient (Wildman–Crippen LogP) is 1.65. The van der Waals surface area contributed by atoms with Crippen LogP contribution in [0.15, 0.2) is 18.2 Å². The molecule has 6 heteroatoms. The molecule has 1 saturated heterocycles. The second-order valence-electron chi connectivity index (χ2n) is 4.78. The fraction of sp³-hybridized carbons (Fsp3) is 0.500. The van der Waals surface area contributed by atoms with E-state index in [1.165, 1.54) is 0 Å². The van der Waals surface area contributed by atoms with Gasteiger partial charge in [0, 0.05) is 18.1 Å². The number of nitrogens with one attached hydrogen (secondary N) is 1. The van der Waals surface area contributed by atoms with Crippen molar-refractivity contribution in [1.82, 2.24) is 5.32 Å². The average molecular weight is 298 g/mol. The highest BCUT2D eigenvalue weighted by molar-refractivity contribution is 6.31. The first-order valence-electron chi connectivity index (χ1n) is 6.80. The molecular formula is C14H20ClN3O2. The van der Waals surface area contributed by atoms with Crippen molar-refractivity contribution in [3.05, 3.63) is 23.2 Å². The van der Waals surface area contributed by atoms with Crippen LogP contribution in [-0.4, -0.2) is 38.3 Å². The molecule has 1 fully saturated rings. The van der Waals surface area contributed by atoms with Crippen LogP contribution in [0, 0.1) is 0 Å². The highest BCUT2D eigenvalue weighted by Crippen LogP contribution is 2.29. The lowest BCUT2D eigenvalue weighted by Crippen LogP contribution is -2.54. The topological polar surface area (TPSA) is 67.6 Å². The highest BCUT2D eigenvalue weighted by Gasteiger charge is 2.30. The van der Waals surface area contributed by atoms with Gasteiger partial charge in [-0.15, -0.1) is 0 Å². The normalized spacial score (nSPS) is 18.9. The van der Waals surface area contributed by atoms with Gasteiger partial charge in [-0.25, -0.2) is 0 Å². The van der Waals surface area contributed by atoms with Gasteiger partial charge in [0.2, 0.25) is 5.91 Å². The van der Waals surface area contributed by atoms with E-state index in [9.17, 15) is 4.79 Å². The number of hydrogen-bond acceptors (Lipinski definition) is 4. The summed E-state index contributed by atoms with van der Waals surface area (Å²) in [5, 5.41) is 3.49. The number of hydrogen-bond donors (Lipinski definition) is 2. The van der Waals surface area contributed by atoms with Gasteiger partial charge in [-0.3, -0.25) is 4.79 Å². The molecule has 0 saturated carbocycles. The van der Waals surface area contributed by atoms with Crippen LogP contribution in [0.25, 0.3) is 0 Å². The van der Waals surface area contributed by atoms with Crippen molar-refractivity contribution in [3.63, 3.8) is 0 Å². The number of amides is 1. The monoisotopic (exact) mass is 297 g/mol. The Labute approximate surface area is 124 Å². The third-order valence-electron chi connectivity index (χ3n) is 3.28. The summed E-state index contributed by atoms with van der Waals surface area (Å²) in [4.78, 5) is 14.2. The van der Waals surface area contributed by atoms with E-state index in [2.05, 4.69) is 5.32 Å². The van der Waals surface area contributed by atoms with Gasteiger partial charge in [0.25, 0.3) is 0 Å². The fourth-order valence-electron chi connectivity index (χ4n) is 2.26. The van der Waals surface area contributed by atoms with Crippen molar-refractivity contribution in [2.45, 2.75) is 19.4 Å². The Kier molecular flexibility index (Phi) is 5.09. The summed E-state index contributed by atoms with van der Waals surface area (Å²) in [6.45, 7) is 4.28. The number of nitrogens with two attached hydrogens (primary N) is 1. The molecule has 0 radical (unpaired) electrons. The molecule has 3 N–H and O–H groups in total. The maximum atomic E-state index is 12.2. The summed E-state index contributed by atoms with van der Waals surface area (Å²) >= 11 is 5.92. The van der Waals surface area contributed by atoms with Gasteiger partial charge in [0.15, 0.2) is 0 Å². The maximum absolute atomic E-state index is 12.2. The van der Waals surface area contributed by atoms with Crippen molar-refractivity contribution in [1.29, 1.82) is 0 Å². The Balaban J connectivity index is 2.19. The van der Waals surface area contributed by atoms with Gasteiger partial charge in [0.05, 0.1) is 24.6 Å². The van der Waals surface area contributed by atoms with Crippen molar-refractivity contribution in [2.24, 2.45) is 0 Å². The summed E-state index contributed by atoms with van der Waals surface area (Å²) in [5.41, 5.74) is 7.42. The highest BCUT2D eigenvalue weighted by atomic mass is 35.5. The van der Waals surface area contributed by atoms with Gasteiger partial charge in [-0.1, -0.05) is 18.5 Å². The van der Waals surface area contributed by atoms with E-state index in [4.69, 9.17) is 22.1 Å². The van der Waals surface area contributed by atoms with Crippen molar-refractivity contribution in [2.75, 3.05) is 36.9 Å². The lowest BCUT2D eigenvalue weighted by molar-refractivity contribution is -0.124. The molecule has 0 aliphatic carbocycles. The summed E-state index contributed by atoms with van der Waals surface area (Å²) in [6, 6.07) is 4.99. The molecule has 20 heavy (non-hydrogen) atoms. The second-order valence-corrected chi connectivity index (χ2v) is 5.21. The zero-order chi connectivity index (χ0) is 14.5. The van der Waals surface area contributed by atoms with E-state index in [0.717, 1.165) is 12.1 Å². The van der Waals surface area contributed by atoms with Crippen molar-refractivity contribution in [3.8, 4) is 0 Å². The largest absolute Gasteiger partial charge is 0.397 e. The molecular weight excluding hydrogens is 278 g/mol. The number of halogens is 1. The molecule has 0 aromatic heterocycles. The first-order valence-corrected chi connectivity index (χ1v) is 7.18. The molecule has 0 spiro atoms. The number of rotatable bonds is 4. The minimum atomic E-state index is -0.348. The van der Waals surface area contributed by atoms with Gasteiger partial charge in [-0.05, 0) is 24.6 Å². The Bertz CT molecular complexity index is 481.